The minimum atomic E-state index is -0.508. The number of fused-ring (bicyclic) bond motifs is 4. The van der Waals surface area contributed by atoms with Crippen LogP contribution in [0.25, 0.3) is 32.9 Å². The number of nitrogens with one attached hydrogen (secondary N) is 1. The predicted molar refractivity (Wildman–Crippen MR) is 203 cm³/mol. The molecule has 1 amide bonds. The molecule has 5 aliphatic rings. The SMILES string of the molecule is Cc1nc2c(F)c(-c3cccc(Cl)c3Cl)c(CCC#N)cc2c2c1cc(C1CC(Oc3cc(Cl)cc(C#N)c3)CN1C(=O)C1CC1)n2C1C2CNC1C2. The van der Waals surface area contributed by atoms with Gasteiger partial charge in [-0.25, -0.2) is 9.37 Å². The van der Waals surface area contributed by atoms with Crippen LogP contribution in [0.2, 0.25) is 15.1 Å². The monoisotopic (exact) mass is 766 g/mol. The van der Waals surface area contributed by atoms with Crippen LogP contribution in [0.1, 0.15) is 66.7 Å². The lowest BCUT2D eigenvalue weighted by molar-refractivity contribution is -0.133. The van der Waals surface area contributed by atoms with Crippen molar-refractivity contribution in [3.63, 3.8) is 0 Å². The van der Waals surface area contributed by atoms with Gasteiger partial charge in [-0.3, -0.25) is 4.79 Å². The molecule has 8 nitrogen and oxygen atoms in total. The molecule has 10 rings (SSSR count). The second kappa shape index (κ2) is 13.2. The molecule has 1 N–H and O–H groups in total. The molecule has 2 aromatic heterocycles. The van der Waals surface area contributed by atoms with Gasteiger partial charge in [-0.15, -0.1) is 0 Å². The average Bonchev–Trinajstić information content (AvgIpc) is 3.42. The highest BCUT2D eigenvalue weighted by atomic mass is 35.5. The summed E-state index contributed by atoms with van der Waals surface area (Å²) in [5.41, 5.74) is 4.55. The van der Waals surface area contributed by atoms with Crippen molar-refractivity contribution in [1.29, 1.82) is 10.5 Å². The number of amides is 1. The third-order valence-electron chi connectivity index (χ3n) is 11.5. The molecule has 2 saturated carbocycles. The number of hydrogen-bond donors (Lipinski definition) is 1. The number of aromatic nitrogens is 2. The molecule has 3 aromatic carbocycles. The van der Waals surface area contributed by atoms with Crippen molar-refractivity contribution in [2.24, 2.45) is 11.8 Å². The first kappa shape index (κ1) is 34.4. The van der Waals surface area contributed by atoms with Gasteiger partial charge in [0.2, 0.25) is 5.91 Å². The fourth-order valence-corrected chi connectivity index (χ4v) is 9.58. The number of nitriles is 2. The van der Waals surface area contributed by atoms with E-state index in [1.807, 2.05) is 17.9 Å². The molecule has 5 unspecified atom stereocenters. The van der Waals surface area contributed by atoms with Crippen LogP contribution in [0, 0.1) is 47.2 Å². The number of carbonyl (C=O) groups is 1. The smallest absolute Gasteiger partial charge is 0.226 e. The van der Waals surface area contributed by atoms with E-state index in [9.17, 15) is 15.3 Å². The van der Waals surface area contributed by atoms with Crippen molar-refractivity contribution in [3.8, 4) is 29.0 Å². The van der Waals surface area contributed by atoms with E-state index in [0.29, 0.717) is 74.4 Å². The highest BCUT2D eigenvalue weighted by Crippen LogP contribution is 2.51. The van der Waals surface area contributed by atoms with Gasteiger partial charge >= 0.3 is 0 Å². The van der Waals surface area contributed by atoms with Crippen molar-refractivity contribution >= 4 is 62.5 Å². The maximum absolute atomic E-state index is 17.2. The fourth-order valence-electron chi connectivity index (χ4n) is 8.96. The Hall–Kier alpha value is -4.38. The number of pyridine rings is 1. The Balaban J connectivity index is 1.25. The molecule has 5 aromatic rings. The minimum Gasteiger partial charge on any atom is -0.488 e. The molecule has 3 saturated heterocycles. The number of nitrogens with zero attached hydrogens (tertiary/aromatic N) is 5. The standard InChI is InChI=1S/C41H34Cl3FN6O2/c1-20-29-16-34(33-15-27(19-50(33)41(52)22-7-8-22)53-26-11-21(17-47)10-25(42)14-26)51(39-24-13-32(39)48-18-24)40(29)30-12-23(4-3-9-46)35(37(45)38(30)49-20)28-5-2-6-31(43)36(28)44/h2,5-6,10-12,14,16,22,24,27,32-33,39,48H,3-4,7-8,13,15,18-19H2,1H3. The highest BCUT2D eigenvalue weighted by Gasteiger charge is 2.51. The zero-order chi connectivity index (χ0) is 36.7. The Morgan fingerprint density at radius 2 is 1.92 bits per heavy atom. The number of benzene rings is 3. The lowest BCUT2D eigenvalue weighted by Crippen LogP contribution is -2.41. The summed E-state index contributed by atoms with van der Waals surface area (Å²) in [6.45, 7) is 3.17. The van der Waals surface area contributed by atoms with Gasteiger partial charge in [0.15, 0.2) is 5.82 Å². The lowest BCUT2D eigenvalue weighted by atomic mass is 9.79. The maximum atomic E-state index is 17.2. The van der Waals surface area contributed by atoms with Crippen molar-refractivity contribution in [1.82, 2.24) is 19.8 Å². The first-order valence-corrected chi connectivity index (χ1v) is 19.2. The van der Waals surface area contributed by atoms with Crippen molar-refractivity contribution in [2.45, 2.75) is 69.7 Å². The van der Waals surface area contributed by atoms with Crippen LogP contribution in [0.15, 0.2) is 48.5 Å². The first-order valence-electron chi connectivity index (χ1n) is 18.0. The van der Waals surface area contributed by atoms with Gasteiger partial charge in [-0.05, 0) is 80.5 Å². The topological polar surface area (TPSA) is 107 Å². The fraction of sp³-hybridized carbons (Fsp3) is 0.366. The van der Waals surface area contributed by atoms with Gasteiger partial charge in [-0.2, -0.15) is 10.5 Å². The van der Waals surface area contributed by atoms with E-state index in [-0.39, 0.29) is 53.0 Å². The molecule has 3 aliphatic heterocycles. The lowest BCUT2D eigenvalue weighted by Gasteiger charge is -2.39. The van der Waals surface area contributed by atoms with Crippen LogP contribution >= 0.6 is 34.8 Å². The van der Waals surface area contributed by atoms with Gasteiger partial charge in [0.1, 0.15) is 17.4 Å². The molecule has 0 radical (unpaired) electrons. The Labute approximate surface area is 321 Å². The number of halogens is 4. The molecule has 0 spiro atoms. The average molecular weight is 768 g/mol. The molecule has 5 atom stereocenters. The summed E-state index contributed by atoms with van der Waals surface area (Å²) < 4.78 is 26.1. The molecular formula is C41H34Cl3FN6O2. The molecule has 268 valence electrons. The van der Waals surface area contributed by atoms with Crippen LogP contribution < -0.4 is 10.1 Å². The number of likely N-dealkylation sites (tertiary alicyclic amines) is 1. The molecule has 2 bridgehead atoms. The molecule has 12 heteroatoms. The summed E-state index contributed by atoms with van der Waals surface area (Å²) in [6, 6.07) is 18.6. The summed E-state index contributed by atoms with van der Waals surface area (Å²) in [7, 11) is 0. The van der Waals surface area contributed by atoms with Gasteiger partial charge in [0, 0.05) is 69.7 Å². The van der Waals surface area contributed by atoms with E-state index < -0.39 is 5.82 Å². The summed E-state index contributed by atoms with van der Waals surface area (Å²) in [6.07, 6.45) is 3.46. The van der Waals surface area contributed by atoms with Crippen LogP contribution in [0.3, 0.4) is 0 Å². The van der Waals surface area contributed by atoms with Crippen molar-refractivity contribution < 1.29 is 13.9 Å². The zero-order valence-electron chi connectivity index (χ0n) is 28.8. The summed E-state index contributed by atoms with van der Waals surface area (Å²) in [4.78, 5) is 20.9. The van der Waals surface area contributed by atoms with Gasteiger partial charge < -0.3 is 19.5 Å². The second-order valence-electron chi connectivity index (χ2n) is 14.8. The summed E-state index contributed by atoms with van der Waals surface area (Å²) in [5, 5.41) is 25.3. The van der Waals surface area contributed by atoms with Crippen LogP contribution in [0.4, 0.5) is 4.39 Å². The van der Waals surface area contributed by atoms with E-state index >= 15 is 4.39 Å². The minimum absolute atomic E-state index is 0.00949. The second-order valence-corrected chi connectivity index (χ2v) is 16.0. The predicted octanol–water partition coefficient (Wildman–Crippen LogP) is 9.26. The quantitative estimate of drug-likeness (QED) is 0.169. The van der Waals surface area contributed by atoms with Crippen molar-refractivity contribution in [3.05, 3.63) is 91.9 Å². The van der Waals surface area contributed by atoms with Crippen LogP contribution in [0.5, 0.6) is 5.75 Å². The number of ether oxygens (including phenoxy) is 1. The number of hydrogen-bond acceptors (Lipinski definition) is 6. The molecule has 2 aliphatic carbocycles. The van der Waals surface area contributed by atoms with E-state index in [0.717, 1.165) is 42.4 Å². The number of aryl methyl sites for hydroxylation is 2. The Morgan fingerprint density at radius 1 is 1.09 bits per heavy atom. The molecule has 5 fully saturated rings. The van der Waals surface area contributed by atoms with Crippen LogP contribution in [-0.4, -0.2) is 45.6 Å². The van der Waals surface area contributed by atoms with E-state index in [4.69, 9.17) is 44.5 Å². The van der Waals surface area contributed by atoms with Gasteiger partial charge in [0.25, 0.3) is 0 Å². The third-order valence-corrected chi connectivity index (χ3v) is 12.6. The molecule has 5 heterocycles. The Kier molecular flexibility index (Phi) is 8.55. The molecule has 53 heavy (non-hydrogen) atoms. The third kappa shape index (κ3) is 5.72. The zero-order valence-corrected chi connectivity index (χ0v) is 31.1. The molecular weight excluding hydrogens is 734 g/mol. The first-order chi connectivity index (χ1) is 25.6. The summed E-state index contributed by atoms with van der Waals surface area (Å²) in [5.74, 6) is 0.463. The van der Waals surface area contributed by atoms with Gasteiger partial charge in [-0.1, -0.05) is 46.9 Å². The van der Waals surface area contributed by atoms with E-state index in [2.05, 4.69) is 28.1 Å². The normalized spacial score (nSPS) is 23.3. The van der Waals surface area contributed by atoms with E-state index in [1.165, 1.54) is 0 Å². The maximum Gasteiger partial charge on any atom is 0.226 e. The van der Waals surface area contributed by atoms with Crippen LogP contribution in [-0.2, 0) is 11.2 Å². The largest absolute Gasteiger partial charge is 0.488 e. The highest BCUT2D eigenvalue weighted by molar-refractivity contribution is 6.43. The van der Waals surface area contributed by atoms with E-state index in [1.54, 1.807) is 36.4 Å². The van der Waals surface area contributed by atoms with Gasteiger partial charge in [0.05, 0.1) is 51.9 Å². The summed E-state index contributed by atoms with van der Waals surface area (Å²) >= 11 is 19.4. The Bertz CT molecular complexity index is 2440. The number of rotatable bonds is 8. The number of carbonyl (C=O) groups excluding carboxylic acids is 1. The van der Waals surface area contributed by atoms with Crippen molar-refractivity contribution in [2.75, 3.05) is 13.1 Å². The Morgan fingerprint density at radius 3 is 2.64 bits per heavy atom.